The van der Waals surface area contributed by atoms with Gasteiger partial charge in [-0.2, -0.15) is 0 Å². The second kappa shape index (κ2) is 5.52. The Morgan fingerprint density at radius 2 is 2.33 bits per heavy atom. The highest BCUT2D eigenvalue weighted by molar-refractivity contribution is 5.73. The first-order chi connectivity index (χ1) is 7.09. The highest BCUT2D eigenvalue weighted by Gasteiger charge is 2.25. The molecule has 2 unspecified atom stereocenters. The van der Waals surface area contributed by atoms with Gasteiger partial charge in [0.1, 0.15) is 0 Å². The predicted octanol–water partition coefficient (Wildman–Crippen LogP) is -0.521. The maximum atomic E-state index is 11.1. The number of nitrogens with one attached hydrogen (secondary N) is 2. The molecule has 7 heteroatoms. The lowest BCUT2D eigenvalue weighted by Gasteiger charge is -2.15. The highest BCUT2D eigenvalue weighted by Crippen LogP contribution is 2.11. The Morgan fingerprint density at radius 3 is 2.87 bits per heavy atom. The predicted molar refractivity (Wildman–Crippen MR) is 49.1 cm³/mol. The summed E-state index contributed by atoms with van der Waals surface area (Å²) in [5.74, 6) is -1.15. The first kappa shape index (κ1) is 11.7. The minimum Gasteiger partial charge on any atom is -0.479 e. The van der Waals surface area contributed by atoms with Crippen LogP contribution in [-0.2, 0) is 14.4 Å². The van der Waals surface area contributed by atoms with Gasteiger partial charge in [-0.05, 0) is 13.3 Å². The van der Waals surface area contributed by atoms with Crippen LogP contribution < -0.4 is 10.8 Å². The number of hydrogen-bond donors (Lipinski definition) is 3. The van der Waals surface area contributed by atoms with Crippen LogP contribution in [0.5, 0.6) is 0 Å². The average Bonchev–Trinajstić information content (AvgIpc) is 2.51. The van der Waals surface area contributed by atoms with Gasteiger partial charge in [-0.3, -0.25) is 4.84 Å². The van der Waals surface area contributed by atoms with Crippen LogP contribution in [0, 0.1) is 0 Å². The lowest BCUT2D eigenvalue weighted by molar-refractivity contribution is -0.144. The minimum absolute atomic E-state index is 0.0322. The van der Waals surface area contributed by atoms with Crippen LogP contribution in [0.2, 0.25) is 0 Å². The van der Waals surface area contributed by atoms with E-state index >= 15 is 0 Å². The number of carbonyl (C=O) groups excluding carboxylic acids is 1. The van der Waals surface area contributed by atoms with Crippen molar-refractivity contribution in [3.05, 3.63) is 0 Å². The number of carboxylic acids is 1. The third kappa shape index (κ3) is 4.13. The molecule has 1 aliphatic heterocycles. The van der Waals surface area contributed by atoms with Gasteiger partial charge in [-0.1, -0.05) is 0 Å². The van der Waals surface area contributed by atoms with Gasteiger partial charge in [-0.15, -0.1) is 0 Å². The smallest absolute Gasteiger partial charge is 0.339 e. The van der Waals surface area contributed by atoms with Crippen molar-refractivity contribution in [2.24, 2.45) is 0 Å². The molecule has 0 aromatic rings. The van der Waals surface area contributed by atoms with Crippen molar-refractivity contribution in [2.45, 2.75) is 25.5 Å². The number of aliphatic carboxylic acids is 1. The van der Waals surface area contributed by atoms with E-state index in [4.69, 9.17) is 9.84 Å². The van der Waals surface area contributed by atoms with Crippen molar-refractivity contribution >= 4 is 12.0 Å². The number of hydroxylamine groups is 1. The van der Waals surface area contributed by atoms with E-state index in [1.54, 1.807) is 0 Å². The number of hydrogen-bond acceptors (Lipinski definition) is 4. The number of rotatable bonds is 4. The van der Waals surface area contributed by atoms with Crippen LogP contribution in [0.4, 0.5) is 4.79 Å². The number of urea groups is 1. The quantitative estimate of drug-likeness (QED) is 0.551. The molecule has 0 saturated carbocycles. The van der Waals surface area contributed by atoms with E-state index in [0.717, 1.165) is 6.42 Å². The van der Waals surface area contributed by atoms with Gasteiger partial charge in [0.25, 0.3) is 0 Å². The van der Waals surface area contributed by atoms with E-state index in [9.17, 15) is 9.59 Å². The van der Waals surface area contributed by atoms with Gasteiger partial charge in [0.15, 0.2) is 6.61 Å². The summed E-state index contributed by atoms with van der Waals surface area (Å²) >= 11 is 0. The summed E-state index contributed by atoms with van der Waals surface area (Å²) in [6.07, 6.45) is 0.711. The van der Waals surface area contributed by atoms with Crippen LogP contribution >= 0.6 is 0 Å². The maximum Gasteiger partial charge on any atom is 0.339 e. The van der Waals surface area contributed by atoms with Crippen molar-refractivity contribution in [3.8, 4) is 0 Å². The zero-order valence-corrected chi connectivity index (χ0v) is 8.36. The number of amides is 2. The molecule has 86 valence electrons. The SMILES string of the molecule is CC1OCCC1NC(=O)NOCC(=O)O. The van der Waals surface area contributed by atoms with Crippen molar-refractivity contribution < 1.29 is 24.3 Å². The van der Waals surface area contributed by atoms with E-state index < -0.39 is 18.6 Å². The Balaban J connectivity index is 2.15. The molecule has 15 heavy (non-hydrogen) atoms. The monoisotopic (exact) mass is 218 g/mol. The van der Waals surface area contributed by atoms with Gasteiger partial charge in [0, 0.05) is 6.61 Å². The molecular formula is C8H14N2O5. The Kier molecular flexibility index (Phi) is 4.32. The molecule has 3 N–H and O–H groups in total. The van der Waals surface area contributed by atoms with Crippen molar-refractivity contribution in [1.29, 1.82) is 0 Å². The zero-order valence-electron chi connectivity index (χ0n) is 8.36. The Labute approximate surface area is 86.7 Å². The van der Waals surface area contributed by atoms with Crippen LogP contribution in [-0.4, -0.2) is 42.5 Å². The second-order valence-electron chi connectivity index (χ2n) is 3.23. The average molecular weight is 218 g/mol. The van der Waals surface area contributed by atoms with E-state index in [0.29, 0.717) is 6.61 Å². The zero-order chi connectivity index (χ0) is 11.3. The molecule has 1 rings (SSSR count). The van der Waals surface area contributed by atoms with Crippen molar-refractivity contribution in [2.75, 3.05) is 13.2 Å². The molecule has 0 aromatic heterocycles. The molecule has 1 heterocycles. The fourth-order valence-electron chi connectivity index (χ4n) is 1.28. The summed E-state index contributed by atoms with van der Waals surface area (Å²) in [5, 5.41) is 10.8. The standard InChI is InChI=1S/C8H14N2O5/c1-5-6(2-3-14-5)9-8(13)10-15-4-7(11)12/h5-6H,2-4H2,1H3,(H,11,12)(H2,9,10,13). The van der Waals surface area contributed by atoms with Crippen LogP contribution in [0.15, 0.2) is 0 Å². The summed E-state index contributed by atoms with van der Waals surface area (Å²) < 4.78 is 5.23. The number of carbonyl (C=O) groups is 2. The van der Waals surface area contributed by atoms with Gasteiger partial charge < -0.3 is 15.2 Å². The largest absolute Gasteiger partial charge is 0.479 e. The van der Waals surface area contributed by atoms with E-state index in [2.05, 4.69) is 10.2 Å². The van der Waals surface area contributed by atoms with Crippen LogP contribution in [0.1, 0.15) is 13.3 Å². The molecule has 2 amide bonds. The van der Waals surface area contributed by atoms with Gasteiger partial charge in [0.05, 0.1) is 12.1 Å². The molecule has 0 spiro atoms. The molecule has 0 radical (unpaired) electrons. The molecule has 0 bridgehead atoms. The van der Waals surface area contributed by atoms with Crippen LogP contribution in [0.25, 0.3) is 0 Å². The summed E-state index contributed by atoms with van der Waals surface area (Å²) in [4.78, 5) is 25.6. The van der Waals surface area contributed by atoms with Gasteiger partial charge in [0.2, 0.25) is 0 Å². The molecule has 1 saturated heterocycles. The first-order valence-corrected chi connectivity index (χ1v) is 4.61. The Hall–Kier alpha value is -1.34. The topological polar surface area (TPSA) is 96.9 Å². The molecule has 1 fully saturated rings. The van der Waals surface area contributed by atoms with Gasteiger partial charge in [-0.25, -0.2) is 15.1 Å². The third-order valence-corrected chi connectivity index (χ3v) is 2.05. The lowest BCUT2D eigenvalue weighted by Crippen LogP contribution is -2.45. The molecule has 2 atom stereocenters. The fourth-order valence-corrected chi connectivity index (χ4v) is 1.28. The molecule has 1 aliphatic rings. The molecule has 0 aromatic carbocycles. The first-order valence-electron chi connectivity index (χ1n) is 4.61. The van der Waals surface area contributed by atoms with E-state index in [1.165, 1.54) is 0 Å². The van der Waals surface area contributed by atoms with Crippen molar-refractivity contribution in [1.82, 2.24) is 10.8 Å². The van der Waals surface area contributed by atoms with Crippen LogP contribution in [0.3, 0.4) is 0 Å². The number of ether oxygens (including phenoxy) is 1. The fraction of sp³-hybridized carbons (Fsp3) is 0.750. The molecule has 0 aliphatic carbocycles. The normalized spacial score (nSPS) is 24.9. The van der Waals surface area contributed by atoms with E-state index in [-0.39, 0.29) is 12.1 Å². The Morgan fingerprint density at radius 1 is 1.60 bits per heavy atom. The Bertz CT molecular complexity index is 245. The lowest BCUT2D eigenvalue weighted by atomic mass is 10.2. The maximum absolute atomic E-state index is 11.1. The van der Waals surface area contributed by atoms with Crippen molar-refractivity contribution in [3.63, 3.8) is 0 Å². The van der Waals surface area contributed by atoms with E-state index in [1.807, 2.05) is 12.4 Å². The number of carboxylic acid groups (broad SMARTS) is 1. The minimum atomic E-state index is -1.15. The third-order valence-electron chi connectivity index (χ3n) is 2.05. The molecule has 7 nitrogen and oxygen atoms in total. The second-order valence-corrected chi connectivity index (χ2v) is 3.23. The van der Waals surface area contributed by atoms with Gasteiger partial charge >= 0.3 is 12.0 Å². The summed E-state index contributed by atoms with van der Waals surface area (Å²) in [6.45, 7) is 1.91. The summed E-state index contributed by atoms with van der Waals surface area (Å²) in [7, 11) is 0. The molecular weight excluding hydrogens is 204 g/mol. The highest BCUT2D eigenvalue weighted by atomic mass is 16.7. The summed E-state index contributed by atoms with van der Waals surface area (Å²) in [6, 6.07) is -0.614. The summed E-state index contributed by atoms with van der Waals surface area (Å²) in [5.41, 5.74) is 1.98.